The molecular formula is C23H35FN4S. The summed E-state index contributed by atoms with van der Waals surface area (Å²) >= 11 is 1.68. The molecule has 29 heavy (non-hydrogen) atoms. The summed E-state index contributed by atoms with van der Waals surface area (Å²) in [6, 6.07) is 8.49. The van der Waals surface area contributed by atoms with Crippen LogP contribution < -0.4 is 5.32 Å². The van der Waals surface area contributed by atoms with Crippen molar-refractivity contribution >= 4 is 17.6 Å². The van der Waals surface area contributed by atoms with Gasteiger partial charge in [0.2, 0.25) is 0 Å². The Hall–Kier alpha value is -2.10. The molecule has 4 nitrogen and oxygen atoms in total. The van der Waals surface area contributed by atoms with E-state index in [1.165, 1.54) is 43.6 Å². The number of benzene rings is 1. The fraction of sp³-hybridized carbons (Fsp3) is 0.478. The van der Waals surface area contributed by atoms with Crippen LogP contribution in [0, 0.1) is 25.6 Å². The molecule has 0 aliphatic carbocycles. The van der Waals surface area contributed by atoms with Gasteiger partial charge in [0.05, 0.1) is 0 Å². The second-order valence-electron chi connectivity index (χ2n) is 6.00. The van der Waals surface area contributed by atoms with E-state index in [-0.39, 0.29) is 5.82 Å². The maximum atomic E-state index is 11.9. The molecule has 2 aromatic rings. The van der Waals surface area contributed by atoms with Crippen LogP contribution in [-0.4, -0.2) is 46.8 Å². The van der Waals surface area contributed by atoms with Crippen molar-refractivity contribution < 1.29 is 4.39 Å². The fourth-order valence-electron chi connectivity index (χ4n) is 2.79. The van der Waals surface area contributed by atoms with Gasteiger partial charge in [-0.2, -0.15) is 0 Å². The quantitative estimate of drug-likeness (QED) is 0.403. The largest absolute Gasteiger partial charge is 0.367 e. The molecule has 1 aliphatic rings. The summed E-state index contributed by atoms with van der Waals surface area (Å²) in [6.45, 7) is 11.9. The molecule has 160 valence electrons. The number of rotatable bonds is 4. The molecule has 1 fully saturated rings. The first kappa shape index (κ1) is 26.9. The number of halogens is 1. The standard InChI is InChI=1S/C13H22N4S.C6H5F.C2H6.C2H2/c1-4-17-7-5-11(6-8-17)16-12-10(2)13(18-3)15-9-14-12;7-6-4-2-1-3-5-6;2*1-2/h9,11H,4-8H2,1-3H3,(H,14,15,16);1-5H;1-2H3;1-2H. The topological polar surface area (TPSA) is 41.0 Å². The van der Waals surface area contributed by atoms with Gasteiger partial charge in [-0.15, -0.1) is 24.6 Å². The highest BCUT2D eigenvalue weighted by atomic mass is 32.2. The van der Waals surface area contributed by atoms with Crippen molar-refractivity contribution in [1.29, 1.82) is 0 Å². The van der Waals surface area contributed by atoms with Crippen LogP contribution in [0.5, 0.6) is 0 Å². The van der Waals surface area contributed by atoms with E-state index in [0.717, 1.165) is 17.4 Å². The minimum atomic E-state index is -0.178. The predicted octanol–water partition coefficient (Wildman–Crippen LogP) is 5.50. The number of terminal acetylenes is 1. The highest BCUT2D eigenvalue weighted by Crippen LogP contribution is 2.23. The number of nitrogens with one attached hydrogen (secondary N) is 1. The third kappa shape index (κ3) is 10.3. The molecule has 1 aliphatic heterocycles. The van der Waals surface area contributed by atoms with E-state index in [9.17, 15) is 4.39 Å². The molecule has 3 rings (SSSR count). The van der Waals surface area contributed by atoms with Crippen molar-refractivity contribution in [3.63, 3.8) is 0 Å². The molecule has 0 amide bonds. The van der Waals surface area contributed by atoms with Gasteiger partial charge in [-0.1, -0.05) is 39.0 Å². The molecule has 0 atom stereocenters. The van der Waals surface area contributed by atoms with Crippen LogP contribution in [0.3, 0.4) is 0 Å². The summed E-state index contributed by atoms with van der Waals surface area (Å²) in [5.74, 6) is 0.826. The van der Waals surface area contributed by atoms with Crippen molar-refractivity contribution in [3.05, 3.63) is 48.0 Å². The first-order chi connectivity index (χ1) is 14.1. The number of aromatic nitrogens is 2. The van der Waals surface area contributed by atoms with Gasteiger partial charge in [0.1, 0.15) is 23.0 Å². The Kier molecular flexibility index (Phi) is 15.6. The van der Waals surface area contributed by atoms with E-state index in [1.54, 1.807) is 36.3 Å². The van der Waals surface area contributed by atoms with Crippen molar-refractivity contribution in [1.82, 2.24) is 14.9 Å². The van der Waals surface area contributed by atoms with Gasteiger partial charge < -0.3 is 10.2 Å². The molecule has 0 spiro atoms. The van der Waals surface area contributed by atoms with Gasteiger partial charge in [-0.25, -0.2) is 14.4 Å². The Morgan fingerprint density at radius 3 is 2.17 bits per heavy atom. The number of hydrogen-bond acceptors (Lipinski definition) is 5. The molecule has 1 aromatic heterocycles. The minimum absolute atomic E-state index is 0.178. The molecule has 1 aromatic carbocycles. The summed E-state index contributed by atoms with van der Waals surface area (Å²) in [7, 11) is 0. The minimum Gasteiger partial charge on any atom is -0.367 e. The summed E-state index contributed by atoms with van der Waals surface area (Å²) < 4.78 is 11.9. The lowest BCUT2D eigenvalue weighted by Crippen LogP contribution is -2.39. The van der Waals surface area contributed by atoms with Gasteiger partial charge in [0, 0.05) is 24.7 Å². The zero-order valence-corrected chi connectivity index (χ0v) is 19.2. The Labute approximate surface area is 180 Å². The van der Waals surface area contributed by atoms with Crippen LogP contribution in [-0.2, 0) is 0 Å². The van der Waals surface area contributed by atoms with Crippen LogP contribution >= 0.6 is 11.8 Å². The average molecular weight is 419 g/mol. The van der Waals surface area contributed by atoms with Crippen LogP contribution in [0.25, 0.3) is 0 Å². The van der Waals surface area contributed by atoms with Gasteiger partial charge in [-0.05, 0) is 44.7 Å². The van der Waals surface area contributed by atoms with Crippen LogP contribution in [0.15, 0.2) is 41.7 Å². The monoisotopic (exact) mass is 418 g/mol. The maximum absolute atomic E-state index is 11.9. The second kappa shape index (κ2) is 16.8. The first-order valence-corrected chi connectivity index (χ1v) is 11.2. The van der Waals surface area contributed by atoms with Crippen LogP contribution in [0.4, 0.5) is 10.2 Å². The first-order valence-electron chi connectivity index (χ1n) is 10.0. The average Bonchev–Trinajstić information content (AvgIpc) is 2.79. The lowest BCUT2D eigenvalue weighted by molar-refractivity contribution is 0.229. The zero-order valence-electron chi connectivity index (χ0n) is 18.4. The number of likely N-dealkylation sites (tertiary alicyclic amines) is 1. The van der Waals surface area contributed by atoms with Gasteiger partial charge in [0.25, 0.3) is 0 Å². The fourth-order valence-corrected chi connectivity index (χ4v) is 3.34. The van der Waals surface area contributed by atoms with E-state index < -0.39 is 0 Å². The SMILES string of the molecule is C#C.CC.CCN1CCC(Nc2ncnc(SC)c2C)CC1.Fc1ccccc1. The molecule has 2 heterocycles. The summed E-state index contributed by atoms with van der Waals surface area (Å²) in [4.78, 5) is 11.1. The number of thioether (sulfide) groups is 1. The van der Waals surface area contributed by atoms with E-state index in [2.05, 4.69) is 53.1 Å². The van der Waals surface area contributed by atoms with E-state index >= 15 is 0 Å². The van der Waals surface area contributed by atoms with Crippen molar-refractivity contribution in [2.24, 2.45) is 0 Å². The predicted molar refractivity (Wildman–Crippen MR) is 125 cm³/mol. The molecule has 0 radical (unpaired) electrons. The smallest absolute Gasteiger partial charge is 0.133 e. The number of nitrogens with zero attached hydrogens (tertiary/aromatic N) is 3. The highest BCUT2D eigenvalue weighted by Gasteiger charge is 2.19. The van der Waals surface area contributed by atoms with Gasteiger partial charge in [0.15, 0.2) is 0 Å². The van der Waals surface area contributed by atoms with Crippen molar-refractivity contribution in [2.75, 3.05) is 31.2 Å². The Balaban J connectivity index is 0.000000593. The van der Waals surface area contributed by atoms with Crippen LogP contribution in [0.2, 0.25) is 0 Å². The zero-order chi connectivity index (χ0) is 22.1. The number of anilines is 1. The maximum Gasteiger partial charge on any atom is 0.133 e. The van der Waals surface area contributed by atoms with Crippen molar-refractivity contribution in [2.45, 2.75) is 51.6 Å². The van der Waals surface area contributed by atoms with E-state index in [4.69, 9.17) is 0 Å². The Morgan fingerprint density at radius 2 is 1.72 bits per heavy atom. The second-order valence-corrected chi connectivity index (χ2v) is 6.80. The number of hydrogen-bond donors (Lipinski definition) is 1. The van der Waals surface area contributed by atoms with E-state index in [0.29, 0.717) is 6.04 Å². The summed E-state index contributed by atoms with van der Waals surface area (Å²) in [6.07, 6.45) is 14.1. The van der Waals surface area contributed by atoms with Crippen molar-refractivity contribution in [3.8, 4) is 12.8 Å². The lowest BCUT2D eigenvalue weighted by atomic mass is 10.1. The lowest BCUT2D eigenvalue weighted by Gasteiger charge is -2.32. The molecule has 1 saturated heterocycles. The van der Waals surface area contributed by atoms with E-state index in [1.807, 2.05) is 13.8 Å². The molecule has 0 bridgehead atoms. The van der Waals surface area contributed by atoms with Crippen LogP contribution in [0.1, 0.15) is 39.2 Å². The molecule has 1 N–H and O–H groups in total. The molecule has 0 unspecified atom stereocenters. The molecule has 6 heteroatoms. The highest BCUT2D eigenvalue weighted by molar-refractivity contribution is 7.98. The third-order valence-corrected chi connectivity index (χ3v) is 5.14. The Morgan fingerprint density at radius 1 is 1.14 bits per heavy atom. The van der Waals surface area contributed by atoms with Gasteiger partial charge >= 0.3 is 0 Å². The normalized spacial score (nSPS) is 13.5. The summed E-state index contributed by atoms with van der Waals surface area (Å²) in [5.41, 5.74) is 1.17. The van der Waals surface area contributed by atoms with Gasteiger partial charge in [-0.3, -0.25) is 0 Å². The third-order valence-electron chi connectivity index (χ3n) is 4.34. The molecule has 0 saturated carbocycles. The Bertz CT molecular complexity index is 671. The summed E-state index contributed by atoms with van der Waals surface area (Å²) in [5, 5.41) is 4.65. The molecular weight excluding hydrogens is 383 g/mol. The number of piperidine rings is 1.